The molecule has 0 bridgehead atoms. The van der Waals surface area contributed by atoms with Gasteiger partial charge >= 0.3 is 0 Å². The van der Waals surface area contributed by atoms with Crippen LogP contribution in [-0.4, -0.2) is 5.11 Å². The number of benzene rings is 3. The molecule has 25 heavy (non-hydrogen) atoms. The topological polar surface area (TPSA) is 32.3 Å². The number of phenols is 1. The molecule has 0 amide bonds. The second-order valence-corrected chi connectivity index (χ2v) is 8.57. The zero-order valence-corrected chi connectivity index (χ0v) is 17.7. The molecule has 3 aromatic rings. The number of anilines is 1. The summed E-state index contributed by atoms with van der Waals surface area (Å²) in [6, 6.07) is 19.8. The minimum atomic E-state index is 0.198. The molecule has 0 radical (unpaired) electrons. The van der Waals surface area contributed by atoms with E-state index in [2.05, 4.69) is 49.3 Å². The van der Waals surface area contributed by atoms with Crippen LogP contribution in [0.1, 0.15) is 5.56 Å². The summed E-state index contributed by atoms with van der Waals surface area (Å²) in [5.74, 6) is 0.198. The molecule has 0 heterocycles. The first kappa shape index (κ1) is 18.6. The summed E-state index contributed by atoms with van der Waals surface area (Å²) in [7, 11) is 0. The van der Waals surface area contributed by atoms with Gasteiger partial charge in [-0.1, -0.05) is 41.6 Å². The number of aromatic hydroxyl groups is 1. The number of phenolic OH excluding ortho intramolecular Hbond substituents is 1. The van der Waals surface area contributed by atoms with Crippen LogP contribution in [-0.2, 0) is 6.54 Å². The third kappa shape index (κ3) is 4.94. The van der Waals surface area contributed by atoms with Gasteiger partial charge in [-0.15, -0.1) is 0 Å². The van der Waals surface area contributed by atoms with E-state index in [1.54, 1.807) is 11.8 Å². The van der Waals surface area contributed by atoms with Crippen LogP contribution in [0.25, 0.3) is 0 Å². The Balaban J connectivity index is 1.76. The van der Waals surface area contributed by atoms with Crippen molar-refractivity contribution in [2.24, 2.45) is 0 Å². The molecule has 0 spiro atoms. The third-order valence-corrected chi connectivity index (χ3v) is 6.10. The lowest BCUT2D eigenvalue weighted by Crippen LogP contribution is -2.01. The Bertz CT molecular complexity index is 864. The van der Waals surface area contributed by atoms with Crippen molar-refractivity contribution in [1.29, 1.82) is 0 Å². The molecule has 6 heteroatoms. The maximum Gasteiger partial charge on any atom is 0.144 e. The number of halogens is 3. The van der Waals surface area contributed by atoms with Gasteiger partial charge in [0.15, 0.2) is 0 Å². The van der Waals surface area contributed by atoms with Crippen LogP contribution >= 0.6 is 55.2 Å². The highest BCUT2D eigenvalue weighted by atomic mass is 79.9. The fourth-order valence-corrected chi connectivity index (χ4v) is 4.50. The fourth-order valence-electron chi connectivity index (χ4n) is 2.24. The Hall–Kier alpha value is -1.14. The van der Waals surface area contributed by atoms with Gasteiger partial charge in [0.25, 0.3) is 0 Å². The Kier molecular flexibility index (Phi) is 6.34. The summed E-state index contributed by atoms with van der Waals surface area (Å²) < 4.78 is 1.29. The van der Waals surface area contributed by atoms with Crippen molar-refractivity contribution < 1.29 is 5.11 Å². The van der Waals surface area contributed by atoms with Crippen molar-refractivity contribution >= 4 is 60.9 Å². The van der Waals surface area contributed by atoms with E-state index < -0.39 is 0 Å². The molecule has 0 aromatic heterocycles. The molecule has 0 aliphatic rings. The first-order chi connectivity index (χ1) is 12.0. The Morgan fingerprint density at radius 1 is 0.960 bits per heavy atom. The maximum atomic E-state index is 9.81. The first-order valence-electron chi connectivity index (χ1n) is 7.46. The zero-order chi connectivity index (χ0) is 17.8. The first-order valence-corrected chi connectivity index (χ1v) is 10.2. The fraction of sp³-hybridized carbons (Fsp3) is 0.0526. The molecule has 0 aliphatic carbocycles. The quantitative estimate of drug-likeness (QED) is 0.361. The van der Waals surface area contributed by atoms with Crippen LogP contribution in [0.3, 0.4) is 0 Å². The van der Waals surface area contributed by atoms with Crippen LogP contribution in [0.5, 0.6) is 5.75 Å². The molecule has 3 rings (SSSR count). The van der Waals surface area contributed by atoms with Gasteiger partial charge in [-0.2, -0.15) is 0 Å². The van der Waals surface area contributed by atoms with Crippen LogP contribution < -0.4 is 5.32 Å². The van der Waals surface area contributed by atoms with E-state index in [0.717, 1.165) is 15.6 Å². The zero-order valence-electron chi connectivity index (χ0n) is 13.0. The largest absolute Gasteiger partial charge is 0.506 e. The van der Waals surface area contributed by atoms with Gasteiger partial charge in [0.1, 0.15) is 5.75 Å². The van der Waals surface area contributed by atoms with Gasteiger partial charge < -0.3 is 10.4 Å². The van der Waals surface area contributed by atoms with E-state index in [1.165, 1.54) is 10.5 Å². The van der Waals surface area contributed by atoms with Gasteiger partial charge in [-0.25, -0.2) is 0 Å². The molecule has 3 aromatic carbocycles. The summed E-state index contributed by atoms with van der Waals surface area (Å²) in [4.78, 5) is 2.33. The second-order valence-electron chi connectivity index (χ2n) is 5.31. The summed E-state index contributed by atoms with van der Waals surface area (Å²) in [5.41, 5.74) is 2.12. The van der Waals surface area contributed by atoms with Gasteiger partial charge in [0, 0.05) is 27.0 Å². The lowest BCUT2D eigenvalue weighted by atomic mass is 10.2. The highest BCUT2D eigenvalue weighted by molar-refractivity contribution is 9.11. The third-order valence-electron chi connectivity index (χ3n) is 3.51. The highest BCUT2D eigenvalue weighted by Crippen LogP contribution is 2.36. The van der Waals surface area contributed by atoms with Crippen LogP contribution in [0.15, 0.2) is 79.4 Å². The van der Waals surface area contributed by atoms with E-state index >= 15 is 0 Å². The highest BCUT2D eigenvalue weighted by Gasteiger charge is 2.08. The number of rotatable bonds is 5. The summed E-state index contributed by atoms with van der Waals surface area (Å²) in [5, 5.41) is 13.9. The molecule has 0 unspecified atom stereocenters. The predicted octanol–water partition coefficient (Wildman–Crippen LogP) is 7.33. The van der Waals surface area contributed by atoms with Crippen LogP contribution in [0.2, 0.25) is 5.02 Å². The van der Waals surface area contributed by atoms with E-state index in [1.807, 2.05) is 48.5 Å². The average molecular weight is 500 g/mol. The predicted molar refractivity (Wildman–Crippen MR) is 113 cm³/mol. The van der Waals surface area contributed by atoms with Crippen molar-refractivity contribution in [1.82, 2.24) is 0 Å². The molecule has 0 saturated carbocycles. The molecule has 2 N–H and O–H groups in total. The molecule has 0 aliphatic heterocycles. The lowest BCUT2D eigenvalue weighted by Gasteiger charge is -2.12. The SMILES string of the molecule is Oc1c(Br)cc(NCc2ccccc2Sc2ccc(Cl)cc2)cc1Br. The van der Waals surface area contributed by atoms with Gasteiger partial charge in [0.2, 0.25) is 0 Å². The molecule has 2 nitrogen and oxygen atoms in total. The number of hydrogen-bond acceptors (Lipinski definition) is 3. The van der Waals surface area contributed by atoms with Crippen molar-refractivity contribution in [2.75, 3.05) is 5.32 Å². The van der Waals surface area contributed by atoms with Gasteiger partial charge in [-0.05, 0) is 79.9 Å². The van der Waals surface area contributed by atoms with Crippen molar-refractivity contribution in [2.45, 2.75) is 16.3 Å². The summed E-state index contributed by atoms with van der Waals surface area (Å²) in [6.45, 7) is 0.681. The standard InChI is InChI=1S/C19H14Br2ClNOS/c20-16-9-14(10-17(21)19(16)24)23-11-12-3-1-2-4-18(12)25-15-7-5-13(22)6-8-15/h1-10,23-24H,11H2. The Morgan fingerprint density at radius 2 is 1.60 bits per heavy atom. The Labute approximate surface area is 172 Å². The van der Waals surface area contributed by atoms with E-state index in [-0.39, 0.29) is 5.75 Å². The monoisotopic (exact) mass is 497 g/mol. The molecule has 0 saturated heterocycles. The van der Waals surface area contributed by atoms with Crippen molar-refractivity contribution in [3.05, 3.63) is 80.2 Å². The van der Waals surface area contributed by atoms with Crippen molar-refractivity contribution in [3.8, 4) is 5.75 Å². The molecule has 0 atom stereocenters. The molecular weight excluding hydrogens is 486 g/mol. The van der Waals surface area contributed by atoms with E-state index in [9.17, 15) is 5.11 Å². The van der Waals surface area contributed by atoms with Crippen molar-refractivity contribution in [3.63, 3.8) is 0 Å². The van der Waals surface area contributed by atoms with Crippen LogP contribution in [0, 0.1) is 0 Å². The molecule has 0 fully saturated rings. The number of hydrogen-bond donors (Lipinski definition) is 2. The normalized spacial score (nSPS) is 10.7. The Morgan fingerprint density at radius 3 is 2.28 bits per heavy atom. The maximum absolute atomic E-state index is 9.81. The second kappa shape index (κ2) is 8.49. The smallest absolute Gasteiger partial charge is 0.144 e. The van der Waals surface area contributed by atoms with Gasteiger partial charge in [-0.3, -0.25) is 0 Å². The minimum absolute atomic E-state index is 0.198. The van der Waals surface area contributed by atoms with Crippen LogP contribution in [0.4, 0.5) is 5.69 Å². The summed E-state index contributed by atoms with van der Waals surface area (Å²) in [6.07, 6.45) is 0. The molecule has 128 valence electrons. The van der Waals surface area contributed by atoms with E-state index in [0.29, 0.717) is 15.5 Å². The molecular formula is C19H14Br2ClNOS. The number of nitrogens with one attached hydrogen (secondary N) is 1. The van der Waals surface area contributed by atoms with Gasteiger partial charge in [0.05, 0.1) is 8.95 Å². The minimum Gasteiger partial charge on any atom is -0.506 e. The van der Waals surface area contributed by atoms with E-state index in [4.69, 9.17) is 11.6 Å². The summed E-state index contributed by atoms with van der Waals surface area (Å²) >= 11 is 14.4. The lowest BCUT2D eigenvalue weighted by molar-refractivity contribution is 0.468. The average Bonchev–Trinajstić information content (AvgIpc) is 2.61.